The van der Waals surface area contributed by atoms with E-state index < -0.39 is 5.82 Å². The smallest absolute Gasteiger partial charge is 0.188 e. The number of benzene rings is 2. The van der Waals surface area contributed by atoms with Crippen molar-refractivity contribution < 1.29 is 4.39 Å². The molecule has 0 aliphatic heterocycles. The molecule has 0 atom stereocenters. The van der Waals surface area contributed by atoms with Gasteiger partial charge in [-0.25, -0.2) is 9.37 Å². The number of nitrogens with zero attached hydrogens (tertiary/aromatic N) is 1. The number of para-hydroxylation sites is 1. The third-order valence-electron chi connectivity index (χ3n) is 2.54. The van der Waals surface area contributed by atoms with Crippen molar-refractivity contribution in [2.24, 2.45) is 0 Å². The second kappa shape index (κ2) is 5.07. The van der Waals surface area contributed by atoms with Crippen molar-refractivity contribution in [3.8, 4) is 0 Å². The lowest BCUT2D eigenvalue weighted by atomic mass is 10.3. The largest absolute Gasteiger partial charge is 0.328 e. The quantitative estimate of drug-likeness (QED) is 0.646. The molecule has 19 heavy (non-hydrogen) atoms. The van der Waals surface area contributed by atoms with E-state index in [1.807, 2.05) is 18.2 Å². The Bertz CT molecular complexity index is 739. The zero-order valence-corrected chi connectivity index (χ0v) is 12.6. The standard InChI is InChI=1S/C13H7BrClFN2S/c14-7-4-5-11-10(6-7)17-13(19-11)18-12-8(15)2-1-3-9(12)16/h1-6H,(H,17,18). The molecular weight excluding hydrogens is 351 g/mol. The molecule has 0 amide bonds. The molecule has 0 aliphatic rings. The summed E-state index contributed by atoms with van der Waals surface area (Å²) in [7, 11) is 0. The van der Waals surface area contributed by atoms with Crippen molar-refractivity contribution in [3.05, 3.63) is 51.7 Å². The van der Waals surface area contributed by atoms with Gasteiger partial charge in [-0.15, -0.1) is 0 Å². The monoisotopic (exact) mass is 356 g/mol. The highest BCUT2D eigenvalue weighted by molar-refractivity contribution is 9.10. The van der Waals surface area contributed by atoms with Crippen LogP contribution in [-0.2, 0) is 0 Å². The predicted octanol–water partition coefficient (Wildman–Crippen LogP) is 5.59. The van der Waals surface area contributed by atoms with Crippen LogP contribution in [0.4, 0.5) is 15.2 Å². The third kappa shape index (κ3) is 2.59. The number of nitrogens with one attached hydrogen (secondary N) is 1. The van der Waals surface area contributed by atoms with Crippen LogP contribution in [0.2, 0.25) is 5.02 Å². The molecule has 0 saturated heterocycles. The first-order valence-electron chi connectivity index (χ1n) is 5.40. The van der Waals surface area contributed by atoms with Gasteiger partial charge in [0.05, 0.1) is 20.9 Å². The lowest BCUT2D eigenvalue weighted by molar-refractivity contribution is 0.632. The van der Waals surface area contributed by atoms with Crippen LogP contribution in [0.15, 0.2) is 40.9 Å². The van der Waals surface area contributed by atoms with Gasteiger partial charge in [-0.1, -0.05) is 44.9 Å². The molecule has 3 aromatic rings. The molecule has 1 aromatic heterocycles. The van der Waals surface area contributed by atoms with E-state index in [9.17, 15) is 4.39 Å². The molecule has 2 aromatic carbocycles. The van der Waals surface area contributed by atoms with Crippen molar-refractivity contribution in [1.29, 1.82) is 0 Å². The van der Waals surface area contributed by atoms with E-state index in [4.69, 9.17) is 11.6 Å². The molecule has 96 valence electrons. The fourth-order valence-corrected chi connectivity index (χ4v) is 3.09. The number of fused-ring (bicyclic) bond motifs is 1. The summed E-state index contributed by atoms with van der Waals surface area (Å²) in [5.74, 6) is -0.395. The zero-order chi connectivity index (χ0) is 13.4. The van der Waals surface area contributed by atoms with Gasteiger partial charge in [0.2, 0.25) is 0 Å². The zero-order valence-electron chi connectivity index (χ0n) is 9.45. The second-order valence-corrected chi connectivity index (χ2v) is 6.21. The van der Waals surface area contributed by atoms with Crippen molar-refractivity contribution in [3.63, 3.8) is 0 Å². The van der Waals surface area contributed by atoms with Gasteiger partial charge in [0.1, 0.15) is 5.82 Å². The number of hydrogen-bond donors (Lipinski definition) is 1. The van der Waals surface area contributed by atoms with Crippen molar-refractivity contribution in [2.75, 3.05) is 5.32 Å². The minimum atomic E-state index is -0.395. The minimum Gasteiger partial charge on any atom is -0.328 e. The second-order valence-electron chi connectivity index (χ2n) is 3.85. The van der Waals surface area contributed by atoms with Crippen LogP contribution >= 0.6 is 38.9 Å². The van der Waals surface area contributed by atoms with Crippen LogP contribution in [0.25, 0.3) is 10.2 Å². The Hall–Kier alpha value is -1.17. The van der Waals surface area contributed by atoms with Gasteiger partial charge in [0.15, 0.2) is 5.13 Å². The van der Waals surface area contributed by atoms with Crippen molar-refractivity contribution in [2.45, 2.75) is 0 Å². The summed E-state index contributed by atoms with van der Waals surface area (Å²) in [5, 5.41) is 3.88. The lowest BCUT2D eigenvalue weighted by Gasteiger charge is -2.05. The number of hydrogen-bond acceptors (Lipinski definition) is 3. The molecule has 0 spiro atoms. The van der Waals surface area contributed by atoms with Gasteiger partial charge in [0.25, 0.3) is 0 Å². The van der Waals surface area contributed by atoms with E-state index >= 15 is 0 Å². The van der Waals surface area contributed by atoms with E-state index in [0.717, 1.165) is 14.7 Å². The van der Waals surface area contributed by atoms with Gasteiger partial charge < -0.3 is 5.32 Å². The van der Waals surface area contributed by atoms with Gasteiger partial charge in [-0.05, 0) is 30.3 Å². The molecule has 1 heterocycles. The average Bonchev–Trinajstić information content (AvgIpc) is 2.75. The summed E-state index contributed by atoms with van der Waals surface area (Å²) in [4.78, 5) is 4.40. The molecule has 0 unspecified atom stereocenters. The molecular formula is C13H7BrClFN2S. The topological polar surface area (TPSA) is 24.9 Å². The molecule has 2 nitrogen and oxygen atoms in total. The Morgan fingerprint density at radius 2 is 2.11 bits per heavy atom. The van der Waals surface area contributed by atoms with Crippen LogP contribution in [0.1, 0.15) is 0 Å². The Morgan fingerprint density at radius 1 is 1.26 bits per heavy atom. The van der Waals surface area contributed by atoms with Crippen molar-refractivity contribution in [1.82, 2.24) is 4.98 Å². The number of halogens is 3. The molecule has 0 radical (unpaired) electrons. The summed E-state index contributed by atoms with van der Waals surface area (Å²) in [6, 6.07) is 10.4. The predicted molar refractivity (Wildman–Crippen MR) is 82.0 cm³/mol. The van der Waals surface area contributed by atoms with E-state index in [1.54, 1.807) is 12.1 Å². The Kier molecular flexibility index (Phi) is 3.43. The van der Waals surface area contributed by atoms with Gasteiger partial charge >= 0.3 is 0 Å². The highest BCUT2D eigenvalue weighted by atomic mass is 79.9. The van der Waals surface area contributed by atoms with Crippen LogP contribution < -0.4 is 5.32 Å². The molecule has 3 rings (SSSR count). The fraction of sp³-hybridized carbons (Fsp3) is 0. The summed E-state index contributed by atoms with van der Waals surface area (Å²) < 4.78 is 15.7. The minimum absolute atomic E-state index is 0.252. The summed E-state index contributed by atoms with van der Waals surface area (Å²) in [6.45, 7) is 0. The van der Waals surface area contributed by atoms with Crippen LogP contribution in [0.3, 0.4) is 0 Å². The third-order valence-corrected chi connectivity index (χ3v) is 4.30. The summed E-state index contributed by atoms with van der Waals surface area (Å²) >= 11 is 10.8. The Balaban J connectivity index is 2.01. The maximum atomic E-state index is 13.7. The number of aromatic nitrogens is 1. The molecule has 0 aliphatic carbocycles. The Morgan fingerprint density at radius 3 is 2.89 bits per heavy atom. The molecule has 0 bridgehead atoms. The molecule has 1 N–H and O–H groups in total. The first kappa shape index (κ1) is 12.8. The maximum Gasteiger partial charge on any atom is 0.188 e. The van der Waals surface area contributed by atoms with E-state index in [0.29, 0.717) is 10.2 Å². The number of rotatable bonds is 2. The summed E-state index contributed by atoms with van der Waals surface area (Å²) in [6.07, 6.45) is 0. The highest BCUT2D eigenvalue weighted by Crippen LogP contribution is 2.33. The van der Waals surface area contributed by atoms with Crippen LogP contribution in [0.5, 0.6) is 0 Å². The first-order valence-corrected chi connectivity index (χ1v) is 7.39. The molecule has 0 fully saturated rings. The van der Waals surface area contributed by atoms with E-state index in [2.05, 4.69) is 26.2 Å². The first-order chi connectivity index (χ1) is 9.13. The van der Waals surface area contributed by atoms with Gasteiger partial charge in [-0.3, -0.25) is 0 Å². The molecule has 0 saturated carbocycles. The SMILES string of the molecule is Fc1cccc(Cl)c1Nc1nc2cc(Br)ccc2s1. The van der Waals surface area contributed by atoms with Gasteiger partial charge in [0, 0.05) is 4.47 Å². The molecule has 6 heteroatoms. The number of anilines is 2. The Labute approximate surface area is 126 Å². The fourth-order valence-electron chi connectivity index (χ4n) is 1.68. The highest BCUT2D eigenvalue weighted by Gasteiger charge is 2.10. The van der Waals surface area contributed by atoms with E-state index in [1.165, 1.54) is 17.4 Å². The van der Waals surface area contributed by atoms with Crippen LogP contribution in [-0.4, -0.2) is 4.98 Å². The number of thiazole rings is 1. The average molecular weight is 358 g/mol. The van der Waals surface area contributed by atoms with Crippen LogP contribution in [0, 0.1) is 5.82 Å². The van der Waals surface area contributed by atoms with Gasteiger partial charge in [-0.2, -0.15) is 0 Å². The normalized spacial score (nSPS) is 10.9. The summed E-state index contributed by atoms with van der Waals surface area (Å²) in [5.41, 5.74) is 1.11. The maximum absolute atomic E-state index is 13.7. The van der Waals surface area contributed by atoms with E-state index in [-0.39, 0.29) is 5.69 Å². The van der Waals surface area contributed by atoms with Crippen molar-refractivity contribution >= 4 is 59.9 Å². The lowest BCUT2D eigenvalue weighted by Crippen LogP contribution is -1.93.